The number of amides is 1. The molecule has 2 aromatic heterocycles. The third-order valence-corrected chi connectivity index (χ3v) is 5.42. The zero-order valence-corrected chi connectivity index (χ0v) is 15.8. The maximum Gasteiger partial charge on any atom is 0.263 e. The smallest absolute Gasteiger partial charge is 0.263 e. The minimum absolute atomic E-state index is 0.205. The molecular formula is C19H15N3O2S2. The molecule has 3 aromatic rings. The van der Waals surface area contributed by atoms with Crippen LogP contribution in [0.25, 0.3) is 28.2 Å². The Morgan fingerprint density at radius 3 is 2.62 bits per heavy atom. The van der Waals surface area contributed by atoms with Crippen LogP contribution in [0.3, 0.4) is 0 Å². The van der Waals surface area contributed by atoms with E-state index < -0.39 is 0 Å². The second kappa shape index (κ2) is 6.26. The first-order chi connectivity index (χ1) is 12.4. The van der Waals surface area contributed by atoms with Crippen molar-refractivity contribution in [3.63, 3.8) is 0 Å². The molecule has 26 heavy (non-hydrogen) atoms. The van der Waals surface area contributed by atoms with Gasteiger partial charge < -0.3 is 15.5 Å². The molecule has 1 saturated heterocycles. The highest BCUT2D eigenvalue weighted by molar-refractivity contribution is 8.26. The third kappa shape index (κ3) is 2.89. The van der Waals surface area contributed by atoms with Crippen molar-refractivity contribution >= 4 is 56.9 Å². The van der Waals surface area contributed by atoms with Crippen LogP contribution in [0.5, 0.6) is 0 Å². The molecule has 1 fully saturated rings. The fourth-order valence-corrected chi connectivity index (χ4v) is 3.96. The Morgan fingerprint density at radius 1 is 1.23 bits per heavy atom. The molecule has 0 radical (unpaired) electrons. The first-order valence-electron chi connectivity index (χ1n) is 7.92. The van der Waals surface area contributed by atoms with E-state index in [1.807, 2.05) is 32.0 Å². The van der Waals surface area contributed by atoms with Gasteiger partial charge in [0.15, 0.2) is 0 Å². The van der Waals surface area contributed by atoms with Crippen LogP contribution in [0.15, 0.2) is 39.9 Å². The fraction of sp³-hybridized carbons (Fsp3) is 0.105. The molecule has 0 bridgehead atoms. The Morgan fingerprint density at radius 2 is 1.96 bits per heavy atom. The molecule has 1 amide bonds. The summed E-state index contributed by atoms with van der Waals surface area (Å²) in [5.41, 5.74) is 11.5. The van der Waals surface area contributed by atoms with Gasteiger partial charge in [0, 0.05) is 35.1 Å². The first kappa shape index (κ1) is 16.8. The number of nitrogens with one attached hydrogen (secondary N) is 1. The van der Waals surface area contributed by atoms with E-state index in [9.17, 15) is 4.79 Å². The average molecular weight is 381 g/mol. The summed E-state index contributed by atoms with van der Waals surface area (Å²) >= 11 is 6.24. The van der Waals surface area contributed by atoms with Crippen LogP contribution in [0, 0.1) is 13.8 Å². The number of benzene rings is 1. The zero-order chi connectivity index (χ0) is 18.4. The number of nitrogen functional groups attached to an aromatic ring is 1. The van der Waals surface area contributed by atoms with Gasteiger partial charge in [-0.2, -0.15) is 0 Å². The predicted octanol–water partition coefficient (Wildman–Crippen LogP) is 4.18. The Bertz CT molecular complexity index is 1090. The van der Waals surface area contributed by atoms with Gasteiger partial charge in [-0.3, -0.25) is 9.78 Å². The Labute approximate surface area is 159 Å². The maximum absolute atomic E-state index is 11.8. The van der Waals surface area contributed by atoms with Crippen molar-refractivity contribution in [3.8, 4) is 11.1 Å². The van der Waals surface area contributed by atoms with E-state index in [0.717, 1.165) is 38.9 Å². The van der Waals surface area contributed by atoms with Crippen LogP contribution < -0.4 is 11.1 Å². The van der Waals surface area contributed by atoms with Crippen molar-refractivity contribution in [1.82, 2.24) is 10.3 Å². The van der Waals surface area contributed by atoms with Gasteiger partial charge in [-0.05, 0) is 48.7 Å². The maximum atomic E-state index is 11.8. The van der Waals surface area contributed by atoms with E-state index in [-0.39, 0.29) is 5.91 Å². The van der Waals surface area contributed by atoms with Crippen molar-refractivity contribution < 1.29 is 9.21 Å². The number of carbonyl (C=O) groups excluding carboxylic acids is 1. The number of anilines is 1. The van der Waals surface area contributed by atoms with E-state index in [2.05, 4.69) is 10.3 Å². The van der Waals surface area contributed by atoms with Crippen LogP contribution in [0.2, 0.25) is 0 Å². The normalized spacial score (nSPS) is 15.8. The number of thiocarbonyl (C=S) groups is 1. The zero-order valence-electron chi connectivity index (χ0n) is 14.1. The molecule has 0 atom stereocenters. The molecule has 1 aromatic carbocycles. The number of nitrogens with zero attached hydrogens (tertiary/aromatic N) is 1. The molecule has 1 aliphatic rings. The number of thioether (sulfide) groups is 1. The second-order valence-electron chi connectivity index (χ2n) is 6.13. The second-order valence-corrected chi connectivity index (χ2v) is 7.85. The van der Waals surface area contributed by atoms with E-state index >= 15 is 0 Å². The molecule has 1 aliphatic heterocycles. The van der Waals surface area contributed by atoms with Crippen LogP contribution in [-0.2, 0) is 4.79 Å². The SMILES string of the molecule is Cc1cc(-c2cncc3cc(/C=C4\SC(=S)NC4=O)oc23)cc(C)c1N. The predicted molar refractivity (Wildman–Crippen MR) is 110 cm³/mol. The van der Waals surface area contributed by atoms with Gasteiger partial charge in [-0.25, -0.2) is 0 Å². The molecule has 0 saturated carbocycles. The van der Waals surface area contributed by atoms with E-state index in [1.165, 1.54) is 11.8 Å². The number of hydrogen-bond donors (Lipinski definition) is 2. The van der Waals surface area contributed by atoms with Gasteiger partial charge in [-0.15, -0.1) is 0 Å². The van der Waals surface area contributed by atoms with Crippen LogP contribution in [0.4, 0.5) is 5.69 Å². The number of pyridine rings is 1. The summed E-state index contributed by atoms with van der Waals surface area (Å²) in [6.07, 6.45) is 5.22. The summed E-state index contributed by atoms with van der Waals surface area (Å²) in [5, 5.41) is 3.47. The Kier molecular flexibility index (Phi) is 4.05. The third-order valence-electron chi connectivity index (χ3n) is 4.26. The van der Waals surface area contributed by atoms with Crippen molar-refractivity contribution in [2.24, 2.45) is 0 Å². The quantitative estimate of drug-likeness (QED) is 0.394. The number of furan rings is 1. The molecule has 0 unspecified atom stereocenters. The van der Waals surface area contributed by atoms with Crippen LogP contribution in [0.1, 0.15) is 16.9 Å². The topological polar surface area (TPSA) is 81.2 Å². The number of fused-ring (bicyclic) bond motifs is 1. The van der Waals surface area contributed by atoms with Crippen molar-refractivity contribution in [1.29, 1.82) is 0 Å². The van der Waals surface area contributed by atoms with Gasteiger partial charge in [0.05, 0.1) is 4.91 Å². The highest BCUT2D eigenvalue weighted by Crippen LogP contribution is 2.34. The monoisotopic (exact) mass is 381 g/mol. The number of aromatic nitrogens is 1. The molecule has 3 heterocycles. The minimum Gasteiger partial charge on any atom is -0.456 e. The van der Waals surface area contributed by atoms with Crippen molar-refractivity contribution in [2.75, 3.05) is 5.73 Å². The van der Waals surface area contributed by atoms with Crippen molar-refractivity contribution in [2.45, 2.75) is 13.8 Å². The van der Waals surface area contributed by atoms with Gasteiger partial charge >= 0.3 is 0 Å². The number of carbonyl (C=O) groups is 1. The van der Waals surface area contributed by atoms with E-state index in [1.54, 1.807) is 18.5 Å². The average Bonchev–Trinajstić information content (AvgIpc) is 3.14. The van der Waals surface area contributed by atoms with E-state index in [4.69, 9.17) is 22.4 Å². The first-order valence-corrected chi connectivity index (χ1v) is 9.14. The van der Waals surface area contributed by atoms with Gasteiger partial charge in [-0.1, -0.05) is 24.0 Å². The standard InChI is InChI=1S/C19H15N3O2S2/c1-9-3-11(4-10(2)16(9)20)14-8-21-7-12-5-13(24-17(12)14)6-15-18(23)22-19(25)26-15/h3-8H,20H2,1-2H3,(H,22,23,25)/b15-6-. The summed E-state index contributed by atoms with van der Waals surface area (Å²) in [6.45, 7) is 3.96. The molecule has 130 valence electrons. The van der Waals surface area contributed by atoms with Crippen LogP contribution in [-0.4, -0.2) is 15.2 Å². The number of nitrogens with two attached hydrogens (primary N) is 1. The number of rotatable bonds is 2. The molecule has 4 rings (SSSR count). The summed E-state index contributed by atoms with van der Waals surface area (Å²) < 4.78 is 6.48. The molecule has 5 nitrogen and oxygen atoms in total. The Balaban J connectivity index is 1.83. The van der Waals surface area contributed by atoms with Gasteiger partial charge in [0.2, 0.25) is 0 Å². The highest BCUT2D eigenvalue weighted by atomic mass is 32.2. The summed E-state index contributed by atoms with van der Waals surface area (Å²) in [6, 6.07) is 5.92. The summed E-state index contributed by atoms with van der Waals surface area (Å²) in [5.74, 6) is 0.379. The number of aryl methyl sites for hydroxylation is 2. The highest BCUT2D eigenvalue weighted by Gasteiger charge is 2.23. The molecule has 3 N–H and O–H groups in total. The lowest BCUT2D eigenvalue weighted by Gasteiger charge is -2.09. The van der Waals surface area contributed by atoms with Crippen molar-refractivity contribution in [3.05, 3.63) is 52.4 Å². The summed E-state index contributed by atoms with van der Waals surface area (Å²) in [7, 11) is 0. The summed E-state index contributed by atoms with van der Waals surface area (Å²) in [4.78, 5) is 16.7. The molecule has 7 heteroatoms. The lowest BCUT2D eigenvalue weighted by Crippen LogP contribution is -2.17. The Hall–Kier alpha value is -2.64. The lowest BCUT2D eigenvalue weighted by atomic mass is 9.99. The fourth-order valence-electron chi connectivity index (χ4n) is 2.94. The lowest BCUT2D eigenvalue weighted by molar-refractivity contribution is -0.115. The molecule has 0 spiro atoms. The molecular weight excluding hydrogens is 366 g/mol. The largest absolute Gasteiger partial charge is 0.456 e. The van der Waals surface area contributed by atoms with Crippen LogP contribution >= 0.6 is 24.0 Å². The van der Waals surface area contributed by atoms with Gasteiger partial charge in [0.25, 0.3) is 5.91 Å². The minimum atomic E-state index is -0.205. The number of hydrogen-bond acceptors (Lipinski definition) is 6. The van der Waals surface area contributed by atoms with Gasteiger partial charge in [0.1, 0.15) is 15.7 Å². The molecule has 0 aliphatic carbocycles. The van der Waals surface area contributed by atoms with E-state index in [0.29, 0.717) is 15.0 Å².